The van der Waals surface area contributed by atoms with Gasteiger partial charge in [0.15, 0.2) is 5.82 Å². The molecule has 0 saturated heterocycles. The summed E-state index contributed by atoms with van der Waals surface area (Å²) in [7, 11) is 0. The minimum absolute atomic E-state index is 0.529. The van der Waals surface area contributed by atoms with Gasteiger partial charge < -0.3 is 4.57 Å². The number of hydrogen-bond acceptors (Lipinski definition) is 3. The van der Waals surface area contributed by atoms with Crippen LogP contribution in [0.3, 0.4) is 0 Å². The Labute approximate surface area is 397 Å². The molecule has 10 aromatic carbocycles. The molecule has 4 heterocycles. The first-order chi connectivity index (χ1) is 34.2. The standard InChI is InChI=1S/C63H40N6/c1-4-18-41(19-5-1)43-34-36-45(37-35-43)61-64-62(68-56-32-15-12-28-53(56)58-48(29-17-33-57(58)68)44-22-8-3-9-23-44)66-63(65-61)69-55-31-14-11-27-50(55)52-39-38-51-49-26-10-13-30-54(49)67(59(51)60(52)69)47-25-16-24-46(40-47)42-20-6-2-7-21-42/h1-40H. The zero-order chi connectivity index (χ0) is 45.4. The van der Waals surface area contributed by atoms with Crippen molar-refractivity contribution in [3.05, 3.63) is 243 Å². The van der Waals surface area contributed by atoms with Gasteiger partial charge in [0.1, 0.15) is 0 Å². The van der Waals surface area contributed by atoms with E-state index >= 15 is 0 Å². The molecular formula is C63H40N6. The molecule has 0 aliphatic carbocycles. The Morgan fingerprint density at radius 1 is 0.261 bits per heavy atom. The van der Waals surface area contributed by atoms with E-state index in [1.54, 1.807) is 0 Å². The van der Waals surface area contributed by atoms with Crippen LogP contribution in [-0.4, -0.2) is 28.7 Å². The van der Waals surface area contributed by atoms with Crippen LogP contribution >= 0.6 is 0 Å². The maximum absolute atomic E-state index is 5.62. The third-order valence-electron chi connectivity index (χ3n) is 13.7. The topological polar surface area (TPSA) is 53.5 Å². The summed E-state index contributed by atoms with van der Waals surface area (Å²) < 4.78 is 6.93. The van der Waals surface area contributed by atoms with Gasteiger partial charge in [0.05, 0.1) is 33.1 Å². The number of benzene rings is 10. The molecule has 0 bridgehead atoms. The van der Waals surface area contributed by atoms with Crippen LogP contribution in [0.4, 0.5) is 0 Å². The molecule has 14 aromatic rings. The fourth-order valence-electron chi connectivity index (χ4n) is 10.7. The normalized spacial score (nSPS) is 11.8. The van der Waals surface area contributed by atoms with Crippen molar-refractivity contribution in [2.75, 3.05) is 0 Å². The largest absolute Gasteiger partial charge is 0.307 e. The fraction of sp³-hybridized carbons (Fsp3) is 0. The van der Waals surface area contributed by atoms with Crippen LogP contribution in [0.2, 0.25) is 0 Å². The van der Waals surface area contributed by atoms with Crippen molar-refractivity contribution in [2.45, 2.75) is 0 Å². The van der Waals surface area contributed by atoms with Crippen molar-refractivity contribution in [3.8, 4) is 62.4 Å². The number of nitrogens with zero attached hydrogens (tertiary/aromatic N) is 6. The van der Waals surface area contributed by atoms with E-state index in [9.17, 15) is 0 Å². The molecule has 0 spiro atoms. The quantitative estimate of drug-likeness (QED) is 0.160. The number of para-hydroxylation sites is 3. The number of aromatic nitrogens is 6. The summed E-state index contributed by atoms with van der Waals surface area (Å²) in [5, 5.41) is 6.82. The van der Waals surface area contributed by atoms with Crippen LogP contribution in [0.1, 0.15) is 0 Å². The van der Waals surface area contributed by atoms with Crippen LogP contribution in [0.5, 0.6) is 0 Å². The molecule has 0 aliphatic rings. The van der Waals surface area contributed by atoms with Crippen molar-refractivity contribution < 1.29 is 0 Å². The van der Waals surface area contributed by atoms with E-state index in [4.69, 9.17) is 15.0 Å². The van der Waals surface area contributed by atoms with E-state index in [1.807, 2.05) is 6.07 Å². The van der Waals surface area contributed by atoms with Gasteiger partial charge in [0.25, 0.3) is 0 Å². The van der Waals surface area contributed by atoms with Gasteiger partial charge in [-0.3, -0.25) is 9.13 Å². The van der Waals surface area contributed by atoms with Crippen molar-refractivity contribution >= 4 is 65.4 Å². The number of hydrogen-bond donors (Lipinski definition) is 0. The first-order valence-electron chi connectivity index (χ1n) is 23.4. The maximum Gasteiger partial charge on any atom is 0.240 e. The van der Waals surface area contributed by atoms with Crippen molar-refractivity contribution in [3.63, 3.8) is 0 Å². The Hall–Kier alpha value is -9.39. The van der Waals surface area contributed by atoms with Gasteiger partial charge in [0.2, 0.25) is 11.9 Å². The zero-order valence-corrected chi connectivity index (χ0v) is 37.3. The summed E-state index contributed by atoms with van der Waals surface area (Å²) in [5.74, 6) is 1.64. The van der Waals surface area contributed by atoms with E-state index in [-0.39, 0.29) is 0 Å². The van der Waals surface area contributed by atoms with E-state index in [0.717, 1.165) is 99.1 Å². The summed E-state index contributed by atoms with van der Waals surface area (Å²) in [6, 6.07) is 86.2. The first kappa shape index (κ1) is 38.8. The van der Waals surface area contributed by atoms with Gasteiger partial charge in [0, 0.05) is 43.6 Å². The molecule has 0 amide bonds. The van der Waals surface area contributed by atoms with E-state index in [2.05, 4.69) is 250 Å². The van der Waals surface area contributed by atoms with Crippen molar-refractivity contribution in [2.24, 2.45) is 0 Å². The Morgan fingerprint density at radius 3 is 1.36 bits per heavy atom. The molecule has 0 radical (unpaired) electrons. The van der Waals surface area contributed by atoms with Gasteiger partial charge in [-0.2, -0.15) is 15.0 Å². The molecule has 322 valence electrons. The van der Waals surface area contributed by atoms with Gasteiger partial charge in [-0.1, -0.05) is 206 Å². The lowest BCUT2D eigenvalue weighted by atomic mass is 9.99. The third kappa shape index (κ3) is 6.16. The van der Waals surface area contributed by atoms with Gasteiger partial charge in [-0.25, -0.2) is 0 Å². The molecule has 0 aliphatic heterocycles. The monoisotopic (exact) mass is 880 g/mol. The predicted octanol–water partition coefficient (Wildman–Crippen LogP) is 15.8. The highest BCUT2D eigenvalue weighted by atomic mass is 15.3. The second-order valence-corrected chi connectivity index (χ2v) is 17.6. The predicted molar refractivity (Wildman–Crippen MR) is 285 cm³/mol. The molecule has 6 heteroatoms. The molecule has 0 fully saturated rings. The van der Waals surface area contributed by atoms with Gasteiger partial charge in [-0.15, -0.1) is 0 Å². The van der Waals surface area contributed by atoms with E-state index < -0.39 is 0 Å². The summed E-state index contributed by atoms with van der Waals surface area (Å²) >= 11 is 0. The highest BCUT2D eigenvalue weighted by Gasteiger charge is 2.25. The SMILES string of the molecule is c1ccc(-c2ccc(-c3nc(-n4c5ccccc5c5c(-c6ccccc6)cccc54)nc(-n4c5ccccc5c5ccc6c7ccccc7n(-c7cccc(-c8ccccc8)c7)c6c54)n3)cc2)cc1. The molecule has 6 nitrogen and oxygen atoms in total. The summed E-state index contributed by atoms with van der Waals surface area (Å²) in [4.78, 5) is 16.6. The summed E-state index contributed by atoms with van der Waals surface area (Å²) in [5.41, 5.74) is 15.1. The fourth-order valence-corrected chi connectivity index (χ4v) is 10.7. The molecule has 14 rings (SSSR count). The van der Waals surface area contributed by atoms with Crippen molar-refractivity contribution in [1.29, 1.82) is 0 Å². The second-order valence-electron chi connectivity index (χ2n) is 17.6. The van der Waals surface area contributed by atoms with Crippen molar-refractivity contribution in [1.82, 2.24) is 28.7 Å². The number of rotatable bonds is 7. The Balaban J connectivity index is 1.09. The molecular weight excluding hydrogens is 841 g/mol. The van der Waals surface area contributed by atoms with Crippen LogP contribution in [0.25, 0.3) is 128 Å². The van der Waals surface area contributed by atoms with Crippen LogP contribution < -0.4 is 0 Å². The zero-order valence-electron chi connectivity index (χ0n) is 37.3. The van der Waals surface area contributed by atoms with E-state index in [0.29, 0.717) is 17.7 Å². The lowest BCUT2D eigenvalue weighted by Crippen LogP contribution is -2.10. The summed E-state index contributed by atoms with van der Waals surface area (Å²) in [6.45, 7) is 0. The smallest absolute Gasteiger partial charge is 0.240 e. The Morgan fingerprint density at radius 2 is 0.710 bits per heavy atom. The molecule has 0 saturated carbocycles. The van der Waals surface area contributed by atoms with Crippen LogP contribution in [-0.2, 0) is 0 Å². The van der Waals surface area contributed by atoms with Gasteiger partial charge in [-0.05, 0) is 69.8 Å². The molecule has 0 atom stereocenters. The minimum Gasteiger partial charge on any atom is -0.307 e. The Kier molecular flexibility index (Phi) is 8.79. The first-order valence-corrected chi connectivity index (χ1v) is 23.4. The summed E-state index contributed by atoms with van der Waals surface area (Å²) in [6.07, 6.45) is 0. The lowest BCUT2D eigenvalue weighted by molar-refractivity contribution is 0.893. The molecule has 0 unspecified atom stereocenters. The van der Waals surface area contributed by atoms with E-state index in [1.165, 1.54) is 10.9 Å². The second kappa shape index (κ2) is 15.6. The Bertz CT molecular complexity index is 4280. The van der Waals surface area contributed by atoms with Gasteiger partial charge >= 0.3 is 0 Å². The third-order valence-corrected chi connectivity index (χ3v) is 13.7. The molecule has 4 aromatic heterocycles. The van der Waals surface area contributed by atoms with Crippen LogP contribution in [0.15, 0.2) is 243 Å². The minimum atomic E-state index is 0.529. The molecule has 69 heavy (non-hydrogen) atoms. The average Bonchev–Trinajstić information content (AvgIpc) is 4.08. The van der Waals surface area contributed by atoms with Crippen LogP contribution in [0, 0.1) is 0 Å². The highest BCUT2D eigenvalue weighted by molar-refractivity contribution is 6.24. The molecule has 0 N–H and O–H groups in total. The average molecular weight is 881 g/mol. The number of fused-ring (bicyclic) bond motifs is 10. The lowest BCUT2D eigenvalue weighted by Gasteiger charge is -2.15. The highest BCUT2D eigenvalue weighted by Crippen LogP contribution is 2.43. The maximum atomic E-state index is 5.62.